The van der Waals surface area contributed by atoms with E-state index in [9.17, 15) is 13.6 Å². The van der Waals surface area contributed by atoms with E-state index in [2.05, 4.69) is 5.32 Å². The molecule has 2 amide bonds. The van der Waals surface area contributed by atoms with Crippen molar-refractivity contribution in [3.8, 4) is 0 Å². The molecule has 2 aromatic rings. The van der Waals surface area contributed by atoms with Gasteiger partial charge in [0.1, 0.15) is 0 Å². The Morgan fingerprint density at radius 1 is 1.10 bits per heavy atom. The highest BCUT2D eigenvalue weighted by atomic mass is 19.2. The first-order valence-electron chi connectivity index (χ1n) is 6.20. The third-order valence-corrected chi connectivity index (χ3v) is 2.80. The van der Waals surface area contributed by atoms with Crippen molar-refractivity contribution in [2.75, 3.05) is 16.8 Å². The minimum absolute atomic E-state index is 0.211. The molecule has 20 heavy (non-hydrogen) atoms. The van der Waals surface area contributed by atoms with Gasteiger partial charge in [-0.05, 0) is 31.2 Å². The van der Waals surface area contributed by atoms with Crippen LogP contribution in [0.15, 0.2) is 48.5 Å². The summed E-state index contributed by atoms with van der Waals surface area (Å²) in [6.45, 7) is 2.29. The molecule has 1 N–H and O–H groups in total. The summed E-state index contributed by atoms with van der Waals surface area (Å²) in [4.78, 5) is 13.6. The predicted molar refractivity (Wildman–Crippen MR) is 74.8 cm³/mol. The van der Waals surface area contributed by atoms with Crippen LogP contribution < -0.4 is 10.2 Å². The van der Waals surface area contributed by atoms with Crippen molar-refractivity contribution in [2.45, 2.75) is 6.92 Å². The van der Waals surface area contributed by atoms with E-state index < -0.39 is 17.7 Å². The third-order valence-electron chi connectivity index (χ3n) is 2.80. The van der Waals surface area contributed by atoms with Crippen LogP contribution in [0.2, 0.25) is 0 Å². The Hall–Kier alpha value is -2.43. The fraction of sp³-hybridized carbons (Fsp3) is 0.133. The molecule has 0 radical (unpaired) electrons. The second-order valence-electron chi connectivity index (χ2n) is 4.14. The molecule has 0 aliphatic heterocycles. The van der Waals surface area contributed by atoms with Crippen LogP contribution in [0.5, 0.6) is 0 Å². The summed E-state index contributed by atoms with van der Waals surface area (Å²) in [6.07, 6.45) is 0. The number of hydrogen-bond donors (Lipinski definition) is 1. The van der Waals surface area contributed by atoms with Gasteiger partial charge in [0.15, 0.2) is 11.6 Å². The molecule has 2 rings (SSSR count). The maximum Gasteiger partial charge on any atom is 0.326 e. The summed E-state index contributed by atoms with van der Waals surface area (Å²) in [5, 5.41) is 2.54. The first kappa shape index (κ1) is 14.0. The number of nitrogens with one attached hydrogen (secondary N) is 1. The van der Waals surface area contributed by atoms with E-state index in [0.717, 1.165) is 17.8 Å². The van der Waals surface area contributed by atoms with Gasteiger partial charge in [0.05, 0.1) is 0 Å². The summed E-state index contributed by atoms with van der Waals surface area (Å²) in [7, 11) is 0. The van der Waals surface area contributed by atoms with Gasteiger partial charge < -0.3 is 5.32 Å². The van der Waals surface area contributed by atoms with Gasteiger partial charge in [-0.25, -0.2) is 13.6 Å². The molecule has 0 aromatic heterocycles. The van der Waals surface area contributed by atoms with E-state index in [1.807, 2.05) is 25.1 Å². The molecule has 0 aliphatic carbocycles. The van der Waals surface area contributed by atoms with Gasteiger partial charge in [0.25, 0.3) is 0 Å². The van der Waals surface area contributed by atoms with Gasteiger partial charge in [0.2, 0.25) is 0 Å². The molecular weight excluding hydrogens is 262 g/mol. The number of halogens is 2. The predicted octanol–water partition coefficient (Wildman–Crippen LogP) is 4.02. The van der Waals surface area contributed by atoms with Crippen LogP contribution in [0, 0.1) is 11.6 Å². The Labute approximate surface area is 115 Å². The summed E-state index contributed by atoms with van der Waals surface area (Å²) in [6, 6.07) is 11.9. The molecule has 104 valence electrons. The van der Waals surface area contributed by atoms with Crippen LogP contribution in [0.3, 0.4) is 0 Å². The summed E-state index contributed by atoms with van der Waals surface area (Å²) in [5.41, 5.74) is 0.943. The number of amides is 2. The van der Waals surface area contributed by atoms with Crippen LogP contribution in [0.4, 0.5) is 25.0 Å². The van der Waals surface area contributed by atoms with Crippen LogP contribution >= 0.6 is 0 Å². The second kappa shape index (κ2) is 6.14. The number of urea groups is 1. The number of carbonyl (C=O) groups is 1. The fourth-order valence-electron chi connectivity index (χ4n) is 1.82. The highest BCUT2D eigenvalue weighted by Gasteiger charge is 2.14. The Kier molecular flexibility index (Phi) is 4.30. The van der Waals surface area contributed by atoms with Crippen molar-refractivity contribution in [1.82, 2.24) is 0 Å². The lowest BCUT2D eigenvalue weighted by Crippen LogP contribution is -2.34. The lowest BCUT2D eigenvalue weighted by atomic mass is 10.3. The van der Waals surface area contributed by atoms with Crippen LogP contribution in [0.25, 0.3) is 0 Å². The Bertz CT molecular complexity index is 602. The third kappa shape index (κ3) is 3.12. The van der Waals surface area contributed by atoms with Crippen molar-refractivity contribution in [3.63, 3.8) is 0 Å². The van der Waals surface area contributed by atoms with Gasteiger partial charge >= 0.3 is 6.03 Å². The van der Waals surface area contributed by atoms with E-state index in [-0.39, 0.29) is 5.69 Å². The van der Waals surface area contributed by atoms with Crippen LogP contribution in [0.1, 0.15) is 6.92 Å². The summed E-state index contributed by atoms with van der Waals surface area (Å²) >= 11 is 0. The lowest BCUT2D eigenvalue weighted by Gasteiger charge is -2.21. The van der Waals surface area contributed by atoms with Gasteiger partial charge in [-0.3, -0.25) is 4.90 Å². The van der Waals surface area contributed by atoms with E-state index in [1.165, 1.54) is 11.0 Å². The SMILES string of the molecule is CCN(C(=O)Nc1ccc(F)c(F)c1)c1ccccc1. The molecule has 0 atom stereocenters. The maximum absolute atomic E-state index is 13.1. The molecule has 0 heterocycles. The molecule has 5 heteroatoms. The molecular formula is C15H14F2N2O. The van der Waals surface area contributed by atoms with Crippen molar-refractivity contribution in [3.05, 3.63) is 60.2 Å². The zero-order valence-electron chi connectivity index (χ0n) is 10.9. The molecule has 2 aromatic carbocycles. The molecule has 0 fully saturated rings. The minimum Gasteiger partial charge on any atom is -0.307 e. The normalized spacial score (nSPS) is 10.2. The molecule has 0 aliphatic rings. The molecule has 0 saturated carbocycles. The number of hydrogen-bond acceptors (Lipinski definition) is 1. The average molecular weight is 276 g/mol. The highest BCUT2D eigenvalue weighted by Crippen LogP contribution is 2.17. The smallest absolute Gasteiger partial charge is 0.307 e. The molecule has 0 bridgehead atoms. The van der Waals surface area contributed by atoms with Gasteiger partial charge in [-0.1, -0.05) is 18.2 Å². The topological polar surface area (TPSA) is 32.3 Å². The average Bonchev–Trinajstić information content (AvgIpc) is 2.45. The first-order chi connectivity index (χ1) is 9.61. The van der Waals surface area contributed by atoms with Gasteiger partial charge in [-0.15, -0.1) is 0 Å². The van der Waals surface area contributed by atoms with Crippen LogP contribution in [-0.2, 0) is 0 Å². The van der Waals surface area contributed by atoms with Gasteiger partial charge in [0, 0.05) is 24.0 Å². The minimum atomic E-state index is -0.995. The number of para-hydroxylation sites is 1. The number of benzene rings is 2. The molecule has 0 spiro atoms. The maximum atomic E-state index is 13.1. The zero-order valence-corrected chi connectivity index (χ0v) is 10.9. The molecule has 0 unspecified atom stereocenters. The summed E-state index contributed by atoms with van der Waals surface area (Å²) < 4.78 is 25.9. The molecule has 0 saturated heterocycles. The standard InChI is InChI=1S/C15H14F2N2O/c1-2-19(12-6-4-3-5-7-12)15(20)18-11-8-9-13(16)14(17)10-11/h3-10H,2H2,1H3,(H,18,20). The summed E-state index contributed by atoms with van der Waals surface area (Å²) in [5.74, 6) is -1.94. The quantitative estimate of drug-likeness (QED) is 0.902. The second-order valence-corrected chi connectivity index (χ2v) is 4.14. The van der Waals surface area contributed by atoms with E-state index in [0.29, 0.717) is 6.54 Å². The van der Waals surface area contributed by atoms with Crippen molar-refractivity contribution in [1.29, 1.82) is 0 Å². The zero-order chi connectivity index (χ0) is 14.5. The van der Waals surface area contributed by atoms with Crippen LogP contribution in [-0.4, -0.2) is 12.6 Å². The first-order valence-corrected chi connectivity index (χ1v) is 6.20. The van der Waals surface area contributed by atoms with Crippen molar-refractivity contribution < 1.29 is 13.6 Å². The number of anilines is 2. The monoisotopic (exact) mass is 276 g/mol. The Morgan fingerprint density at radius 2 is 1.80 bits per heavy atom. The van der Waals surface area contributed by atoms with E-state index >= 15 is 0 Å². The Morgan fingerprint density at radius 3 is 2.40 bits per heavy atom. The Balaban J connectivity index is 2.15. The van der Waals surface area contributed by atoms with E-state index in [4.69, 9.17) is 0 Å². The highest BCUT2D eigenvalue weighted by molar-refractivity contribution is 6.01. The van der Waals surface area contributed by atoms with Gasteiger partial charge in [-0.2, -0.15) is 0 Å². The lowest BCUT2D eigenvalue weighted by molar-refractivity contribution is 0.257. The number of carbonyl (C=O) groups excluding carboxylic acids is 1. The van der Waals surface area contributed by atoms with Crippen molar-refractivity contribution >= 4 is 17.4 Å². The fourth-order valence-corrected chi connectivity index (χ4v) is 1.82. The number of rotatable bonds is 3. The number of nitrogens with zero attached hydrogens (tertiary/aromatic N) is 1. The van der Waals surface area contributed by atoms with E-state index in [1.54, 1.807) is 12.1 Å². The van der Waals surface area contributed by atoms with Crippen molar-refractivity contribution in [2.24, 2.45) is 0 Å². The largest absolute Gasteiger partial charge is 0.326 e. The molecule has 3 nitrogen and oxygen atoms in total.